The molecular formula is C17H15N3O2. The number of pyridine rings is 1. The molecule has 5 heteroatoms. The van der Waals surface area contributed by atoms with Gasteiger partial charge in [-0.15, -0.1) is 0 Å². The molecule has 0 radical (unpaired) electrons. The monoisotopic (exact) mass is 293 g/mol. The lowest BCUT2D eigenvalue weighted by Gasteiger charge is -2.06. The van der Waals surface area contributed by atoms with Gasteiger partial charge in [-0.25, -0.2) is 0 Å². The summed E-state index contributed by atoms with van der Waals surface area (Å²) in [6, 6.07) is 12.3. The smallest absolute Gasteiger partial charge is 0.266 e. The SMILES string of the molecule is CCOc1ccc(NC(=O)/C(C#N)=C\c2ccncc2)cc1. The molecule has 1 amide bonds. The fraction of sp³-hybridized carbons (Fsp3) is 0.118. The summed E-state index contributed by atoms with van der Waals surface area (Å²) in [5, 5.41) is 11.8. The van der Waals surface area contributed by atoms with Gasteiger partial charge < -0.3 is 10.1 Å². The van der Waals surface area contributed by atoms with E-state index in [1.165, 1.54) is 6.08 Å². The van der Waals surface area contributed by atoms with Gasteiger partial charge in [-0.3, -0.25) is 9.78 Å². The normalized spacial score (nSPS) is 10.6. The molecule has 2 aromatic rings. The van der Waals surface area contributed by atoms with E-state index in [2.05, 4.69) is 10.3 Å². The third-order valence-electron chi connectivity index (χ3n) is 2.81. The Morgan fingerprint density at radius 1 is 1.27 bits per heavy atom. The van der Waals surface area contributed by atoms with Gasteiger partial charge in [0.15, 0.2) is 0 Å². The average molecular weight is 293 g/mol. The lowest BCUT2D eigenvalue weighted by atomic mass is 10.1. The Morgan fingerprint density at radius 3 is 2.55 bits per heavy atom. The minimum atomic E-state index is -0.455. The van der Waals surface area contributed by atoms with Crippen molar-refractivity contribution in [3.05, 3.63) is 59.9 Å². The van der Waals surface area contributed by atoms with Crippen LogP contribution < -0.4 is 10.1 Å². The molecule has 1 aromatic heterocycles. The van der Waals surface area contributed by atoms with Crippen molar-refractivity contribution in [1.82, 2.24) is 4.98 Å². The highest BCUT2D eigenvalue weighted by molar-refractivity contribution is 6.09. The van der Waals surface area contributed by atoms with Gasteiger partial charge in [-0.05, 0) is 55.0 Å². The van der Waals surface area contributed by atoms with E-state index in [0.717, 1.165) is 11.3 Å². The number of rotatable bonds is 5. The van der Waals surface area contributed by atoms with Crippen molar-refractivity contribution in [2.75, 3.05) is 11.9 Å². The molecule has 0 atom stereocenters. The van der Waals surface area contributed by atoms with Gasteiger partial charge >= 0.3 is 0 Å². The molecular weight excluding hydrogens is 278 g/mol. The number of nitrogens with one attached hydrogen (secondary N) is 1. The molecule has 5 nitrogen and oxygen atoms in total. The quantitative estimate of drug-likeness (QED) is 0.679. The van der Waals surface area contributed by atoms with Crippen molar-refractivity contribution >= 4 is 17.7 Å². The van der Waals surface area contributed by atoms with Crippen LogP contribution in [0.25, 0.3) is 6.08 Å². The molecule has 0 saturated carbocycles. The second kappa shape index (κ2) is 7.60. The van der Waals surface area contributed by atoms with E-state index < -0.39 is 5.91 Å². The molecule has 0 aliphatic carbocycles. The van der Waals surface area contributed by atoms with Gasteiger partial charge in [0, 0.05) is 18.1 Å². The highest BCUT2D eigenvalue weighted by Crippen LogP contribution is 2.16. The topological polar surface area (TPSA) is 75.0 Å². The molecule has 1 N–H and O–H groups in total. The van der Waals surface area contributed by atoms with Crippen LogP contribution in [0.1, 0.15) is 12.5 Å². The predicted molar refractivity (Wildman–Crippen MR) is 84.1 cm³/mol. The number of hydrogen-bond acceptors (Lipinski definition) is 4. The van der Waals surface area contributed by atoms with Crippen molar-refractivity contribution in [2.45, 2.75) is 6.92 Å². The van der Waals surface area contributed by atoms with Crippen molar-refractivity contribution in [2.24, 2.45) is 0 Å². The summed E-state index contributed by atoms with van der Waals surface area (Å²) < 4.78 is 5.33. The summed E-state index contributed by atoms with van der Waals surface area (Å²) in [6.45, 7) is 2.48. The maximum absolute atomic E-state index is 12.1. The minimum absolute atomic E-state index is 0.0279. The highest BCUT2D eigenvalue weighted by atomic mass is 16.5. The zero-order valence-corrected chi connectivity index (χ0v) is 12.1. The van der Waals surface area contributed by atoms with Crippen molar-refractivity contribution in [3.8, 4) is 11.8 Å². The van der Waals surface area contributed by atoms with E-state index in [1.807, 2.05) is 13.0 Å². The van der Waals surface area contributed by atoms with Crippen LogP contribution in [0, 0.1) is 11.3 Å². The van der Waals surface area contributed by atoms with Crippen LogP contribution in [-0.2, 0) is 4.79 Å². The number of carbonyl (C=O) groups is 1. The first-order chi connectivity index (χ1) is 10.7. The number of amides is 1. The molecule has 110 valence electrons. The van der Waals surface area contributed by atoms with Crippen molar-refractivity contribution < 1.29 is 9.53 Å². The highest BCUT2D eigenvalue weighted by Gasteiger charge is 2.09. The third-order valence-corrected chi connectivity index (χ3v) is 2.81. The number of benzene rings is 1. The van der Waals surface area contributed by atoms with E-state index >= 15 is 0 Å². The molecule has 0 aliphatic rings. The first-order valence-electron chi connectivity index (χ1n) is 6.79. The Bertz CT molecular complexity index is 701. The molecule has 0 aliphatic heterocycles. The zero-order chi connectivity index (χ0) is 15.8. The molecule has 0 spiro atoms. The van der Waals surface area contributed by atoms with Gasteiger partial charge in [0.25, 0.3) is 5.91 Å². The van der Waals surface area contributed by atoms with E-state index in [-0.39, 0.29) is 5.57 Å². The van der Waals surface area contributed by atoms with Crippen LogP contribution in [0.2, 0.25) is 0 Å². The lowest BCUT2D eigenvalue weighted by Crippen LogP contribution is -2.13. The third kappa shape index (κ3) is 4.18. The summed E-state index contributed by atoms with van der Waals surface area (Å²) in [5.41, 5.74) is 1.37. The molecule has 0 unspecified atom stereocenters. The Hall–Kier alpha value is -3.13. The number of nitrogens with zero attached hydrogens (tertiary/aromatic N) is 2. The molecule has 0 bridgehead atoms. The first kappa shape index (κ1) is 15.3. The molecule has 1 heterocycles. The van der Waals surface area contributed by atoms with Gasteiger partial charge in [0.1, 0.15) is 17.4 Å². The number of hydrogen-bond donors (Lipinski definition) is 1. The van der Waals surface area contributed by atoms with Gasteiger partial charge in [0.2, 0.25) is 0 Å². The van der Waals surface area contributed by atoms with E-state index in [4.69, 9.17) is 10.00 Å². The van der Waals surface area contributed by atoms with Crippen LogP contribution >= 0.6 is 0 Å². The molecule has 22 heavy (non-hydrogen) atoms. The van der Waals surface area contributed by atoms with Crippen LogP contribution in [0.5, 0.6) is 5.75 Å². The summed E-state index contributed by atoms with van der Waals surface area (Å²) in [7, 11) is 0. The van der Waals surface area contributed by atoms with E-state index in [0.29, 0.717) is 12.3 Å². The first-order valence-corrected chi connectivity index (χ1v) is 6.79. The van der Waals surface area contributed by atoms with Gasteiger partial charge in [0.05, 0.1) is 6.61 Å². The summed E-state index contributed by atoms with van der Waals surface area (Å²) in [4.78, 5) is 16.0. The maximum Gasteiger partial charge on any atom is 0.266 e. The average Bonchev–Trinajstić information content (AvgIpc) is 2.55. The maximum atomic E-state index is 12.1. The van der Waals surface area contributed by atoms with Crippen molar-refractivity contribution in [3.63, 3.8) is 0 Å². The fourth-order valence-corrected chi connectivity index (χ4v) is 1.77. The van der Waals surface area contributed by atoms with E-state index in [1.54, 1.807) is 48.8 Å². The standard InChI is InChI=1S/C17H15N3O2/c1-2-22-16-5-3-15(4-6-16)20-17(21)14(12-18)11-13-7-9-19-10-8-13/h3-11H,2H2,1H3,(H,20,21)/b14-11-. The van der Waals surface area contributed by atoms with Gasteiger partial charge in [-0.2, -0.15) is 5.26 Å². The van der Waals surface area contributed by atoms with Crippen LogP contribution in [0.3, 0.4) is 0 Å². The molecule has 2 rings (SSSR count). The fourth-order valence-electron chi connectivity index (χ4n) is 1.77. The second-order valence-corrected chi connectivity index (χ2v) is 4.36. The van der Waals surface area contributed by atoms with Crippen LogP contribution in [0.4, 0.5) is 5.69 Å². The predicted octanol–water partition coefficient (Wildman–Crippen LogP) is 3.03. The Labute approximate surface area is 128 Å². The summed E-state index contributed by atoms with van der Waals surface area (Å²) in [6.07, 6.45) is 4.72. The molecule has 0 fully saturated rings. The number of carbonyl (C=O) groups excluding carboxylic acids is 1. The molecule has 1 aromatic carbocycles. The summed E-state index contributed by atoms with van der Waals surface area (Å²) >= 11 is 0. The number of ether oxygens (including phenoxy) is 1. The molecule has 0 saturated heterocycles. The Balaban J connectivity index is 2.10. The largest absolute Gasteiger partial charge is 0.494 e. The second-order valence-electron chi connectivity index (χ2n) is 4.36. The van der Waals surface area contributed by atoms with Gasteiger partial charge in [-0.1, -0.05) is 0 Å². The minimum Gasteiger partial charge on any atom is -0.494 e. The summed E-state index contributed by atoms with van der Waals surface area (Å²) in [5.74, 6) is 0.275. The van der Waals surface area contributed by atoms with E-state index in [9.17, 15) is 4.79 Å². The Kier molecular flexibility index (Phi) is 5.27. The number of aromatic nitrogens is 1. The van der Waals surface area contributed by atoms with Crippen LogP contribution in [0.15, 0.2) is 54.4 Å². The van der Waals surface area contributed by atoms with Crippen molar-refractivity contribution in [1.29, 1.82) is 5.26 Å². The zero-order valence-electron chi connectivity index (χ0n) is 12.1. The van der Waals surface area contributed by atoms with Crippen LogP contribution in [-0.4, -0.2) is 17.5 Å². The number of nitriles is 1. The number of anilines is 1. The lowest BCUT2D eigenvalue weighted by molar-refractivity contribution is -0.112. The Morgan fingerprint density at radius 2 is 1.95 bits per heavy atom.